The van der Waals surface area contributed by atoms with E-state index in [1.807, 2.05) is 6.92 Å². The van der Waals surface area contributed by atoms with E-state index in [0.29, 0.717) is 15.3 Å². The van der Waals surface area contributed by atoms with Crippen molar-refractivity contribution in [2.45, 2.75) is 6.92 Å². The van der Waals surface area contributed by atoms with Crippen molar-refractivity contribution in [3.63, 3.8) is 0 Å². The molecule has 3 heterocycles. The molecular weight excluding hydrogens is 348 g/mol. The maximum atomic E-state index is 11.2. The lowest BCUT2D eigenvalue weighted by molar-refractivity contribution is -0.391. The van der Waals surface area contributed by atoms with Gasteiger partial charge in [0.05, 0.1) is 0 Å². The Kier molecular flexibility index (Phi) is 3.14. The van der Waals surface area contributed by atoms with Gasteiger partial charge in [0.2, 0.25) is 0 Å². The fourth-order valence-electron chi connectivity index (χ4n) is 1.68. The average Bonchev–Trinajstić information content (AvgIpc) is 2.91. The number of nitrogens with zero attached hydrogens (tertiary/aromatic N) is 4. The third-order valence-electron chi connectivity index (χ3n) is 2.54. The van der Waals surface area contributed by atoms with Gasteiger partial charge in [0.15, 0.2) is 5.75 Å². The predicted octanol–water partition coefficient (Wildman–Crippen LogP) is 3.56. The van der Waals surface area contributed by atoms with Crippen LogP contribution in [0.5, 0.6) is 11.6 Å². The van der Waals surface area contributed by atoms with Crippen molar-refractivity contribution in [3.8, 4) is 11.6 Å². The second-order valence-corrected chi connectivity index (χ2v) is 5.52. The summed E-state index contributed by atoms with van der Waals surface area (Å²) < 4.78 is 7.38. The molecule has 102 valence electrons. The fraction of sp³-hybridized carbons (Fsp3) is 0.0909. The molecule has 3 aromatic heterocycles. The van der Waals surface area contributed by atoms with Gasteiger partial charge in [0.25, 0.3) is 4.96 Å². The van der Waals surface area contributed by atoms with E-state index in [-0.39, 0.29) is 11.7 Å². The minimum absolute atomic E-state index is 0.0480. The maximum absolute atomic E-state index is 11.2. The zero-order chi connectivity index (χ0) is 14.3. The molecule has 0 N–H and O–H groups in total. The van der Waals surface area contributed by atoms with Gasteiger partial charge in [-0.3, -0.25) is 0 Å². The first-order chi connectivity index (χ1) is 9.56. The third kappa shape index (κ3) is 2.14. The molecule has 20 heavy (non-hydrogen) atoms. The topological polar surface area (TPSA) is 82.6 Å². The van der Waals surface area contributed by atoms with Crippen LogP contribution in [-0.4, -0.2) is 19.3 Å². The molecule has 0 aliphatic rings. The van der Waals surface area contributed by atoms with Gasteiger partial charge in [-0.05, 0) is 39.9 Å². The van der Waals surface area contributed by atoms with Crippen LogP contribution < -0.4 is 4.74 Å². The molecule has 0 unspecified atom stereocenters. The largest absolute Gasteiger partial charge is 0.430 e. The number of aryl methyl sites for hydroxylation is 1. The molecule has 0 radical (unpaired) electrons. The van der Waals surface area contributed by atoms with Gasteiger partial charge in [-0.2, -0.15) is 9.38 Å². The molecule has 0 atom stereocenters. The number of thiazole rings is 1. The van der Waals surface area contributed by atoms with E-state index >= 15 is 0 Å². The number of rotatable bonds is 3. The number of ether oxygens (including phenoxy) is 1. The normalized spacial score (nSPS) is 10.9. The molecule has 0 aliphatic heterocycles. The molecule has 9 heteroatoms. The van der Waals surface area contributed by atoms with Gasteiger partial charge >= 0.3 is 11.7 Å². The van der Waals surface area contributed by atoms with E-state index in [1.165, 1.54) is 15.7 Å². The SMILES string of the molecule is Cc1ccc(Oc2nc3sccn3c2[N+](=O)[O-])c(Br)n1. The Bertz CT molecular complexity index is 813. The van der Waals surface area contributed by atoms with Crippen molar-refractivity contribution in [2.75, 3.05) is 0 Å². The first-order valence-corrected chi connectivity index (χ1v) is 7.14. The second-order valence-electron chi connectivity index (χ2n) is 3.90. The Hall–Kier alpha value is -2.00. The summed E-state index contributed by atoms with van der Waals surface area (Å²) in [6.07, 6.45) is 1.58. The molecule has 0 aromatic carbocycles. The van der Waals surface area contributed by atoms with E-state index in [9.17, 15) is 10.1 Å². The number of hydrogen-bond donors (Lipinski definition) is 0. The van der Waals surface area contributed by atoms with Gasteiger partial charge in [0, 0.05) is 11.1 Å². The Morgan fingerprint density at radius 2 is 2.25 bits per heavy atom. The van der Waals surface area contributed by atoms with E-state index in [4.69, 9.17) is 4.74 Å². The molecular formula is C11H7BrN4O3S. The summed E-state index contributed by atoms with van der Waals surface area (Å²) in [6, 6.07) is 3.44. The van der Waals surface area contributed by atoms with E-state index in [2.05, 4.69) is 25.9 Å². The molecule has 0 bridgehead atoms. The lowest BCUT2D eigenvalue weighted by Gasteiger charge is -2.04. The lowest BCUT2D eigenvalue weighted by atomic mass is 10.4. The summed E-state index contributed by atoms with van der Waals surface area (Å²) >= 11 is 4.56. The average molecular weight is 355 g/mol. The van der Waals surface area contributed by atoms with Crippen molar-refractivity contribution >= 4 is 38.0 Å². The second kappa shape index (κ2) is 4.84. The smallest absolute Gasteiger partial charge is 0.393 e. The van der Waals surface area contributed by atoms with Crippen LogP contribution in [0.25, 0.3) is 4.96 Å². The predicted molar refractivity (Wildman–Crippen MR) is 76.5 cm³/mol. The van der Waals surface area contributed by atoms with Crippen LogP contribution in [0.3, 0.4) is 0 Å². The highest BCUT2D eigenvalue weighted by molar-refractivity contribution is 9.10. The minimum Gasteiger partial charge on any atom is -0.430 e. The molecule has 0 saturated heterocycles. The van der Waals surface area contributed by atoms with Gasteiger partial charge in [-0.25, -0.2) is 4.98 Å². The quantitative estimate of drug-likeness (QED) is 0.408. The molecule has 3 aromatic rings. The van der Waals surface area contributed by atoms with Crippen LogP contribution in [0, 0.1) is 17.0 Å². The number of nitro groups is 1. The number of pyridine rings is 1. The first-order valence-electron chi connectivity index (χ1n) is 5.47. The Morgan fingerprint density at radius 3 is 2.95 bits per heavy atom. The van der Waals surface area contributed by atoms with E-state index < -0.39 is 4.92 Å². The summed E-state index contributed by atoms with van der Waals surface area (Å²) in [6.45, 7) is 1.84. The van der Waals surface area contributed by atoms with Crippen LogP contribution in [-0.2, 0) is 0 Å². The van der Waals surface area contributed by atoms with Crippen LogP contribution in [0.15, 0.2) is 28.3 Å². The van der Waals surface area contributed by atoms with Crippen LogP contribution >= 0.6 is 27.3 Å². The summed E-state index contributed by atoms with van der Waals surface area (Å²) in [5, 5.41) is 12.9. The van der Waals surface area contributed by atoms with E-state index in [1.54, 1.807) is 23.7 Å². The number of aromatic nitrogens is 3. The van der Waals surface area contributed by atoms with Gasteiger partial charge in [0.1, 0.15) is 10.8 Å². The summed E-state index contributed by atoms with van der Waals surface area (Å²) in [5.74, 6) is 0.131. The zero-order valence-electron chi connectivity index (χ0n) is 10.1. The minimum atomic E-state index is -0.516. The highest BCUT2D eigenvalue weighted by Gasteiger charge is 2.26. The molecule has 7 nitrogen and oxygen atoms in total. The third-order valence-corrected chi connectivity index (χ3v) is 3.86. The van der Waals surface area contributed by atoms with Gasteiger partial charge < -0.3 is 14.9 Å². The van der Waals surface area contributed by atoms with Gasteiger partial charge in [-0.15, -0.1) is 0 Å². The molecule has 0 amide bonds. The Labute approximate surface area is 125 Å². The van der Waals surface area contributed by atoms with Gasteiger partial charge in [-0.1, -0.05) is 11.3 Å². The van der Waals surface area contributed by atoms with Crippen LogP contribution in [0.1, 0.15) is 5.69 Å². The maximum Gasteiger partial charge on any atom is 0.393 e. The molecule has 0 saturated carbocycles. The Morgan fingerprint density at radius 1 is 1.45 bits per heavy atom. The number of imidazole rings is 1. The standard InChI is InChI=1S/C11H7BrN4O3S/c1-6-2-3-7(8(12)13-6)19-9-10(16(17)18)15-4-5-20-11(15)14-9/h2-5H,1H3. The summed E-state index contributed by atoms with van der Waals surface area (Å²) in [7, 11) is 0. The number of halogens is 1. The lowest BCUT2D eigenvalue weighted by Crippen LogP contribution is -1.96. The van der Waals surface area contributed by atoms with Crippen LogP contribution in [0.4, 0.5) is 5.82 Å². The van der Waals surface area contributed by atoms with Crippen molar-refractivity contribution in [3.05, 3.63) is 44.1 Å². The van der Waals surface area contributed by atoms with Crippen molar-refractivity contribution in [2.24, 2.45) is 0 Å². The summed E-state index contributed by atoms with van der Waals surface area (Å²) in [4.78, 5) is 19.4. The number of fused-ring (bicyclic) bond motifs is 1. The molecule has 0 spiro atoms. The first kappa shape index (κ1) is 13.0. The highest BCUT2D eigenvalue weighted by Crippen LogP contribution is 2.35. The van der Waals surface area contributed by atoms with Crippen molar-refractivity contribution < 1.29 is 9.66 Å². The number of hydrogen-bond acceptors (Lipinski definition) is 6. The zero-order valence-corrected chi connectivity index (χ0v) is 12.5. The molecule has 0 fully saturated rings. The summed E-state index contributed by atoms with van der Waals surface area (Å²) in [5.41, 5.74) is 0.810. The molecule has 3 rings (SSSR count). The highest BCUT2D eigenvalue weighted by atomic mass is 79.9. The molecule has 0 aliphatic carbocycles. The van der Waals surface area contributed by atoms with Crippen LogP contribution in [0.2, 0.25) is 0 Å². The monoisotopic (exact) mass is 354 g/mol. The van der Waals surface area contributed by atoms with Crippen molar-refractivity contribution in [1.82, 2.24) is 14.4 Å². The Balaban J connectivity index is 2.08. The fourth-order valence-corrected chi connectivity index (χ4v) is 2.87. The van der Waals surface area contributed by atoms with Crippen molar-refractivity contribution in [1.29, 1.82) is 0 Å². The van der Waals surface area contributed by atoms with E-state index in [0.717, 1.165) is 5.69 Å².